The second kappa shape index (κ2) is 7.38. The summed E-state index contributed by atoms with van der Waals surface area (Å²) in [4.78, 5) is 18.3. The fourth-order valence-corrected chi connectivity index (χ4v) is 4.65. The molecule has 0 aliphatic carbocycles. The second-order valence-corrected chi connectivity index (χ2v) is 8.26. The highest BCUT2D eigenvalue weighted by molar-refractivity contribution is 7.90. The Morgan fingerprint density at radius 3 is 2.47 bits per heavy atom. The number of ether oxygens (including phenoxy) is 1. The zero-order valence-electron chi connectivity index (χ0n) is 15.6. The van der Waals surface area contributed by atoms with E-state index in [2.05, 4.69) is 4.98 Å². The third kappa shape index (κ3) is 3.35. The predicted molar refractivity (Wildman–Crippen MR) is 104 cm³/mol. The van der Waals surface area contributed by atoms with E-state index >= 15 is 0 Å². The fourth-order valence-electron chi connectivity index (χ4n) is 3.18. The van der Waals surface area contributed by atoms with Gasteiger partial charge in [0, 0.05) is 18.3 Å². The number of urea groups is 1. The lowest BCUT2D eigenvalue weighted by molar-refractivity contribution is 0.229. The minimum absolute atomic E-state index is 0.0117. The van der Waals surface area contributed by atoms with Gasteiger partial charge in [0.05, 0.1) is 19.3 Å². The van der Waals surface area contributed by atoms with Crippen LogP contribution in [0.4, 0.5) is 25.1 Å². The summed E-state index contributed by atoms with van der Waals surface area (Å²) in [5.41, 5.74) is 0.312. The number of fused-ring (bicyclic) bond motifs is 1. The van der Waals surface area contributed by atoms with E-state index in [0.29, 0.717) is 21.8 Å². The number of halogens is 2. The molecule has 2 amide bonds. The van der Waals surface area contributed by atoms with Crippen molar-refractivity contribution in [2.45, 2.75) is 11.4 Å². The minimum Gasteiger partial charge on any atom is -0.497 e. The lowest BCUT2D eigenvalue weighted by atomic mass is 10.2. The highest BCUT2D eigenvalue weighted by Crippen LogP contribution is 2.39. The maximum Gasteiger partial charge on any atom is 0.344 e. The fraction of sp³-hybridized carbons (Fsp3) is 0.100. The first-order valence-corrected chi connectivity index (χ1v) is 10.2. The second-order valence-electron chi connectivity index (χ2n) is 6.43. The number of carbonyl (C=O) groups excluding carboxylic acids is 1. The zero-order valence-corrected chi connectivity index (χ0v) is 16.4. The molecule has 0 fully saturated rings. The normalized spacial score (nSPS) is 15.1. The van der Waals surface area contributed by atoms with Crippen LogP contribution in [0.1, 0.15) is 5.56 Å². The van der Waals surface area contributed by atoms with Crippen molar-refractivity contribution in [2.75, 3.05) is 12.0 Å². The molecule has 0 unspecified atom stereocenters. The number of anilines is 2. The first-order chi connectivity index (χ1) is 14.3. The van der Waals surface area contributed by atoms with Crippen LogP contribution in [-0.2, 0) is 16.6 Å². The topological polar surface area (TPSA) is 79.8 Å². The number of benzene rings is 2. The Labute approximate surface area is 171 Å². The summed E-state index contributed by atoms with van der Waals surface area (Å²) in [6, 6.07) is 10.9. The van der Waals surface area contributed by atoms with Gasteiger partial charge in [-0.2, -0.15) is 0 Å². The maximum atomic E-state index is 13.6. The Morgan fingerprint density at radius 1 is 1.03 bits per heavy atom. The van der Waals surface area contributed by atoms with Crippen molar-refractivity contribution in [2.24, 2.45) is 0 Å². The number of sulfonamides is 1. The molecule has 0 radical (unpaired) electrons. The van der Waals surface area contributed by atoms with Crippen LogP contribution in [0.2, 0.25) is 0 Å². The van der Waals surface area contributed by atoms with Gasteiger partial charge in [0.1, 0.15) is 22.3 Å². The number of carbonyl (C=O) groups is 1. The molecule has 0 N–H and O–H groups in total. The summed E-state index contributed by atoms with van der Waals surface area (Å²) in [5.74, 6) is -1.38. The molecule has 0 saturated carbocycles. The monoisotopic (exact) mass is 431 g/mol. The van der Waals surface area contributed by atoms with Gasteiger partial charge in [0.15, 0.2) is 5.82 Å². The van der Waals surface area contributed by atoms with Crippen molar-refractivity contribution in [3.63, 3.8) is 0 Å². The highest BCUT2D eigenvalue weighted by atomic mass is 32.2. The summed E-state index contributed by atoms with van der Waals surface area (Å²) in [6.45, 7) is -0.551. The first kappa shape index (κ1) is 19.8. The van der Waals surface area contributed by atoms with Crippen LogP contribution in [0.3, 0.4) is 0 Å². The van der Waals surface area contributed by atoms with Gasteiger partial charge in [-0.05, 0) is 42.0 Å². The average Bonchev–Trinajstić information content (AvgIpc) is 2.71. The molecular formula is C20H15F2N3O4S. The van der Waals surface area contributed by atoms with E-state index in [4.69, 9.17) is 4.74 Å². The van der Waals surface area contributed by atoms with E-state index in [0.717, 1.165) is 17.0 Å². The summed E-state index contributed by atoms with van der Waals surface area (Å²) >= 11 is 0. The molecule has 0 bridgehead atoms. The number of methoxy groups -OCH3 is 1. The Bertz CT molecular complexity index is 1230. The van der Waals surface area contributed by atoms with Gasteiger partial charge in [-0.1, -0.05) is 6.07 Å². The van der Waals surface area contributed by atoms with Crippen LogP contribution in [0.15, 0.2) is 65.7 Å². The molecule has 2 aromatic carbocycles. The van der Waals surface area contributed by atoms with Crippen molar-refractivity contribution in [3.8, 4) is 5.75 Å². The predicted octanol–water partition coefficient (Wildman–Crippen LogP) is 3.83. The van der Waals surface area contributed by atoms with Crippen molar-refractivity contribution in [3.05, 3.63) is 78.0 Å². The molecular weight excluding hydrogens is 416 g/mol. The van der Waals surface area contributed by atoms with E-state index in [-0.39, 0.29) is 16.3 Å². The standard InChI is InChI=1S/C20H15F2N3O4S/c1-29-17-5-2-4-16(11-17)25-19-18(6-3-7-23-19)30(27,28)24(20(25)26)12-13-8-14(21)10-15(22)9-13/h2-11H,12H2,1H3. The van der Waals surface area contributed by atoms with Crippen molar-refractivity contribution in [1.29, 1.82) is 0 Å². The number of pyridine rings is 1. The molecule has 30 heavy (non-hydrogen) atoms. The Kier molecular flexibility index (Phi) is 4.86. The van der Waals surface area contributed by atoms with Crippen LogP contribution in [0.25, 0.3) is 0 Å². The molecule has 1 aromatic heterocycles. The molecule has 0 atom stereocenters. The van der Waals surface area contributed by atoms with Crippen LogP contribution in [-0.4, -0.2) is 30.8 Å². The summed E-state index contributed by atoms with van der Waals surface area (Å²) < 4.78 is 59.2. The molecule has 3 aromatic rings. The number of hydrogen-bond donors (Lipinski definition) is 0. The molecule has 0 saturated heterocycles. The molecule has 7 nitrogen and oxygen atoms in total. The largest absolute Gasteiger partial charge is 0.497 e. The van der Waals surface area contributed by atoms with E-state index < -0.39 is 34.2 Å². The smallest absolute Gasteiger partial charge is 0.344 e. The van der Waals surface area contributed by atoms with Gasteiger partial charge >= 0.3 is 6.03 Å². The third-order valence-corrected chi connectivity index (χ3v) is 6.24. The zero-order chi connectivity index (χ0) is 21.5. The molecule has 1 aliphatic heterocycles. The lowest BCUT2D eigenvalue weighted by Crippen LogP contribution is -2.48. The molecule has 2 heterocycles. The number of rotatable bonds is 4. The first-order valence-electron chi connectivity index (χ1n) is 8.72. The highest BCUT2D eigenvalue weighted by Gasteiger charge is 2.43. The van der Waals surface area contributed by atoms with Gasteiger partial charge in [-0.15, -0.1) is 0 Å². The molecule has 1 aliphatic rings. The summed E-state index contributed by atoms with van der Waals surface area (Å²) in [5, 5.41) is 0. The molecule has 10 heteroatoms. The molecule has 154 valence electrons. The molecule has 0 spiro atoms. The van der Waals surface area contributed by atoms with Gasteiger partial charge in [-0.3, -0.25) is 0 Å². The Hall–Kier alpha value is -3.53. The quantitative estimate of drug-likeness (QED) is 0.627. The molecule has 4 rings (SSSR count). The van der Waals surface area contributed by atoms with Crippen molar-refractivity contribution < 1.29 is 26.7 Å². The third-order valence-electron chi connectivity index (χ3n) is 4.50. The van der Waals surface area contributed by atoms with Crippen molar-refractivity contribution in [1.82, 2.24) is 9.29 Å². The minimum atomic E-state index is -4.31. The maximum absolute atomic E-state index is 13.6. The Morgan fingerprint density at radius 2 is 1.77 bits per heavy atom. The van der Waals surface area contributed by atoms with E-state index in [9.17, 15) is 22.0 Å². The van der Waals surface area contributed by atoms with Gasteiger partial charge in [-0.25, -0.2) is 36.2 Å². The van der Waals surface area contributed by atoms with E-state index in [1.807, 2.05) is 0 Å². The van der Waals surface area contributed by atoms with Gasteiger partial charge in [0.25, 0.3) is 10.0 Å². The van der Waals surface area contributed by atoms with Crippen LogP contribution in [0, 0.1) is 11.6 Å². The number of amides is 2. The number of aromatic nitrogens is 1. The van der Waals surface area contributed by atoms with E-state index in [1.165, 1.54) is 25.4 Å². The SMILES string of the molecule is COc1cccc(N2C(=O)N(Cc3cc(F)cc(F)c3)S(=O)(=O)c3cccnc32)c1. The van der Waals surface area contributed by atoms with E-state index in [1.54, 1.807) is 24.3 Å². The van der Waals surface area contributed by atoms with Crippen LogP contribution < -0.4 is 9.64 Å². The number of hydrogen-bond acceptors (Lipinski definition) is 5. The average molecular weight is 431 g/mol. The van der Waals surface area contributed by atoms with Gasteiger partial charge in [0.2, 0.25) is 0 Å². The van der Waals surface area contributed by atoms with Gasteiger partial charge < -0.3 is 4.74 Å². The van der Waals surface area contributed by atoms with Crippen LogP contribution in [0.5, 0.6) is 5.75 Å². The number of nitrogens with zero attached hydrogens (tertiary/aromatic N) is 3. The van der Waals surface area contributed by atoms with Crippen molar-refractivity contribution >= 4 is 27.6 Å². The summed E-state index contributed by atoms with van der Waals surface area (Å²) in [6.07, 6.45) is 1.37. The summed E-state index contributed by atoms with van der Waals surface area (Å²) in [7, 11) is -2.85. The van der Waals surface area contributed by atoms with Crippen LogP contribution >= 0.6 is 0 Å². The lowest BCUT2D eigenvalue weighted by Gasteiger charge is -2.35. The Balaban J connectivity index is 1.87.